The topological polar surface area (TPSA) is 142 Å². The van der Waals surface area contributed by atoms with E-state index >= 15 is 0 Å². The van der Waals surface area contributed by atoms with Crippen LogP contribution in [0.5, 0.6) is 5.75 Å². The molecule has 0 aromatic heterocycles. The van der Waals surface area contributed by atoms with E-state index in [-0.39, 0.29) is 41.6 Å². The summed E-state index contributed by atoms with van der Waals surface area (Å²) in [6.45, 7) is 4.00. The van der Waals surface area contributed by atoms with Crippen LogP contribution in [0.1, 0.15) is 44.2 Å². The maximum absolute atomic E-state index is 14.4. The van der Waals surface area contributed by atoms with E-state index < -0.39 is 75.0 Å². The van der Waals surface area contributed by atoms with Crippen molar-refractivity contribution in [2.24, 2.45) is 17.1 Å². The fourth-order valence-electron chi connectivity index (χ4n) is 6.08. The maximum Gasteiger partial charge on any atom is 0.516 e. The first kappa shape index (κ1) is 40.4. The Bertz CT molecular complexity index is 1670. The van der Waals surface area contributed by atoms with Gasteiger partial charge in [0.1, 0.15) is 17.4 Å². The van der Waals surface area contributed by atoms with Crippen molar-refractivity contribution >= 4 is 21.8 Å². The molecular weight excluding hydrogens is 687 g/mol. The molecule has 4 N–H and O–H groups in total. The Labute approximate surface area is 288 Å². The van der Waals surface area contributed by atoms with Crippen LogP contribution >= 0.6 is 0 Å². The minimum Gasteiger partial charge on any atom is -0.497 e. The van der Waals surface area contributed by atoms with E-state index in [1.165, 1.54) is 12.0 Å². The fourth-order valence-corrected chi connectivity index (χ4v) is 6.78. The van der Waals surface area contributed by atoms with Crippen LogP contribution in [0.15, 0.2) is 65.9 Å². The summed E-state index contributed by atoms with van der Waals surface area (Å²) in [5.74, 6) is -4.72. The Kier molecular flexibility index (Phi) is 13.6. The number of nitrogens with zero attached hydrogens (tertiary/aromatic N) is 2. The van der Waals surface area contributed by atoms with E-state index in [1.807, 2.05) is 0 Å². The molecular formula is C34H43F5N4O6S. The Morgan fingerprint density at radius 3 is 2.22 bits per heavy atom. The molecule has 3 rings (SSSR count). The van der Waals surface area contributed by atoms with E-state index in [0.29, 0.717) is 31.7 Å². The number of hydrogen-bond acceptors (Lipinski definition) is 7. The van der Waals surface area contributed by atoms with Crippen molar-refractivity contribution in [1.82, 2.24) is 14.5 Å². The molecule has 1 aliphatic carbocycles. The summed E-state index contributed by atoms with van der Waals surface area (Å²) in [5.41, 5.74) is -2.21. The van der Waals surface area contributed by atoms with Crippen molar-refractivity contribution in [2.75, 3.05) is 33.8 Å². The smallest absolute Gasteiger partial charge is 0.497 e. The number of carbonyl (C=O) groups is 2. The number of nitrogens with one attached hydrogen (secondary N) is 1. The molecule has 0 fully saturated rings. The van der Waals surface area contributed by atoms with Crippen molar-refractivity contribution in [3.8, 4) is 5.75 Å². The van der Waals surface area contributed by atoms with Gasteiger partial charge in [-0.05, 0) is 73.2 Å². The van der Waals surface area contributed by atoms with Crippen molar-refractivity contribution in [1.29, 1.82) is 0 Å². The summed E-state index contributed by atoms with van der Waals surface area (Å²) in [6.07, 6.45) is 0.284. The van der Waals surface area contributed by atoms with Gasteiger partial charge in [-0.3, -0.25) is 13.9 Å². The standard InChI is InChI=1S/C34H43F5N4O6S/c1-5-10-43(11-6-2)31(45)24-16-27(42(3)50(47,48)34(37,38)39)19-33(18-24,32(40)46)29(15-23-12-25(35)17-26(36)13-23)30(44)21-41-20-22-8-7-9-28(14-22)49-4/h7-9,12-14,16-17,19,29-30,41,44H,5-6,10-11,15,18,20-21H2,1-4H3,(H2,40,46)/t29-,30+,33?/m1/s1. The number of hydrogen-bond donors (Lipinski definition) is 3. The van der Waals surface area contributed by atoms with Gasteiger partial charge >= 0.3 is 15.5 Å². The zero-order chi connectivity index (χ0) is 37.4. The van der Waals surface area contributed by atoms with Gasteiger partial charge in [-0.2, -0.15) is 21.6 Å². The third-order valence-electron chi connectivity index (χ3n) is 8.56. The number of aliphatic hydroxyl groups is 1. The Balaban J connectivity index is 2.22. The van der Waals surface area contributed by atoms with E-state index in [1.54, 1.807) is 38.1 Å². The molecule has 0 heterocycles. The molecule has 0 aliphatic heterocycles. The largest absolute Gasteiger partial charge is 0.516 e. The lowest BCUT2D eigenvalue weighted by molar-refractivity contribution is -0.132. The lowest BCUT2D eigenvalue weighted by Gasteiger charge is -2.43. The van der Waals surface area contributed by atoms with Crippen LogP contribution in [-0.4, -0.2) is 79.9 Å². The number of nitrogens with two attached hydrogens (primary N) is 1. The maximum atomic E-state index is 14.4. The highest BCUT2D eigenvalue weighted by molar-refractivity contribution is 7.90. The lowest BCUT2D eigenvalue weighted by Crippen LogP contribution is -2.52. The average molecular weight is 731 g/mol. The van der Waals surface area contributed by atoms with Crippen LogP contribution in [0.2, 0.25) is 0 Å². The molecule has 1 aliphatic rings. The third-order valence-corrected chi connectivity index (χ3v) is 10.1. The predicted octanol–water partition coefficient (Wildman–Crippen LogP) is 4.40. The Morgan fingerprint density at radius 1 is 1.06 bits per heavy atom. The molecule has 276 valence electrons. The molecule has 0 bridgehead atoms. The highest BCUT2D eigenvalue weighted by atomic mass is 32.2. The summed E-state index contributed by atoms with van der Waals surface area (Å²) in [4.78, 5) is 29.0. The first-order valence-corrected chi connectivity index (χ1v) is 17.4. The van der Waals surface area contributed by atoms with Crippen LogP contribution in [-0.2, 0) is 32.6 Å². The number of likely N-dealkylation sites (N-methyl/N-ethyl adjacent to an activating group) is 1. The number of rotatable bonds is 17. The van der Waals surface area contributed by atoms with E-state index in [0.717, 1.165) is 29.8 Å². The van der Waals surface area contributed by atoms with Gasteiger partial charge in [0.25, 0.3) is 0 Å². The predicted molar refractivity (Wildman–Crippen MR) is 177 cm³/mol. The number of alkyl halides is 3. The Hall–Kier alpha value is -4.02. The summed E-state index contributed by atoms with van der Waals surface area (Å²) in [5, 5.41) is 14.8. The van der Waals surface area contributed by atoms with Gasteiger partial charge < -0.3 is 25.8 Å². The van der Waals surface area contributed by atoms with Gasteiger partial charge in [0.2, 0.25) is 11.8 Å². The van der Waals surface area contributed by atoms with Crippen LogP contribution in [0, 0.1) is 23.0 Å². The molecule has 2 aromatic rings. The van der Waals surface area contributed by atoms with Crippen LogP contribution < -0.4 is 15.8 Å². The number of halogens is 5. The average Bonchev–Trinajstić information content (AvgIpc) is 3.05. The quantitative estimate of drug-likeness (QED) is 0.205. The molecule has 0 radical (unpaired) electrons. The number of primary amides is 1. The number of methoxy groups -OCH3 is 1. The molecule has 3 atom stereocenters. The zero-order valence-electron chi connectivity index (χ0n) is 28.3. The second kappa shape index (κ2) is 16.8. The van der Waals surface area contributed by atoms with E-state index in [4.69, 9.17) is 10.5 Å². The molecule has 16 heteroatoms. The number of carbonyl (C=O) groups excluding carboxylic acids is 2. The van der Waals surface area contributed by atoms with Crippen molar-refractivity contribution < 1.29 is 49.8 Å². The second-order valence-corrected chi connectivity index (χ2v) is 14.1. The normalized spacial score (nSPS) is 17.7. The number of ether oxygens (including phenoxy) is 1. The molecule has 2 amide bonds. The highest BCUT2D eigenvalue weighted by Crippen LogP contribution is 2.46. The lowest BCUT2D eigenvalue weighted by atomic mass is 9.63. The number of amides is 2. The Morgan fingerprint density at radius 2 is 1.68 bits per heavy atom. The molecule has 50 heavy (non-hydrogen) atoms. The molecule has 2 aromatic carbocycles. The van der Waals surface area contributed by atoms with Crippen LogP contribution in [0.25, 0.3) is 0 Å². The van der Waals surface area contributed by atoms with E-state index in [9.17, 15) is 45.1 Å². The zero-order valence-corrected chi connectivity index (χ0v) is 29.1. The number of sulfonamides is 1. The first-order chi connectivity index (χ1) is 23.4. The van der Waals surface area contributed by atoms with Crippen LogP contribution in [0.3, 0.4) is 0 Å². The highest BCUT2D eigenvalue weighted by Gasteiger charge is 2.53. The summed E-state index contributed by atoms with van der Waals surface area (Å²) < 4.78 is 100. The SMILES string of the molecule is CCCN(CCC)C(=O)C1=CC(N(C)S(=O)(=O)C(F)(F)F)=CC(C(N)=O)([C@H](Cc2cc(F)cc(F)c2)[C@@H](O)CNCc2cccc(OC)c2)C1. The van der Waals surface area contributed by atoms with Crippen molar-refractivity contribution in [2.45, 2.75) is 57.7 Å². The van der Waals surface area contributed by atoms with Gasteiger partial charge in [0, 0.05) is 56.5 Å². The molecule has 0 spiro atoms. The molecule has 0 saturated heterocycles. The van der Waals surface area contributed by atoms with Crippen LogP contribution in [0.4, 0.5) is 22.0 Å². The van der Waals surface area contributed by atoms with Crippen molar-refractivity contribution in [3.05, 3.63) is 88.6 Å². The summed E-state index contributed by atoms with van der Waals surface area (Å²) in [6, 6.07) is 9.49. The van der Waals surface area contributed by atoms with Gasteiger partial charge in [-0.1, -0.05) is 26.0 Å². The van der Waals surface area contributed by atoms with Crippen molar-refractivity contribution in [3.63, 3.8) is 0 Å². The summed E-state index contributed by atoms with van der Waals surface area (Å²) >= 11 is 0. The van der Waals surface area contributed by atoms with Gasteiger partial charge in [0.15, 0.2) is 0 Å². The van der Waals surface area contributed by atoms with Gasteiger partial charge in [-0.25, -0.2) is 8.78 Å². The third kappa shape index (κ3) is 9.40. The van der Waals surface area contributed by atoms with Gasteiger partial charge in [0.05, 0.1) is 18.6 Å². The van der Waals surface area contributed by atoms with E-state index in [2.05, 4.69) is 5.32 Å². The number of benzene rings is 2. The first-order valence-electron chi connectivity index (χ1n) is 15.9. The summed E-state index contributed by atoms with van der Waals surface area (Å²) in [7, 11) is -3.95. The second-order valence-electron chi connectivity index (χ2n) is 12.2. The monoisotopic (exact) mass is 730 g/mol. The number of allylic oxidation sites excluding steroid dienone is 1. The number of aliphatic hydroxyl groups excluding tert-OH is 1. The minimum absolute atomic E-state index is 0.0350. The minimum atomic E-state index is -6.05. The molecule has 1 unspecified atom stereocenters. The fraction of sp³-hybridized carbons (Fsp3) is 0.471. The van der Waals surface area contributed by atoms with Gasteiger partial charge in [-0.15, -0.1) is 0 Å². The molecule has 0 saturated carbocycles. The molecule has 10 nitrogen and oxygen atoms in total.